The molecule has 3 N–H and O–H groups in total. The SMILES string of the molecule is CCCn1c(Sc2cc(C(F)(F)F)ncc2N)n[nH]c1=O. The lowest BCUT2D eigenvalue weighted by Crippen LogP contribution is -2.17. The lowest BCUT2D eigenvalue weighted by molar-refractivity contribution is -0.141. The maximum Gasteiger partial charge on any atom is 0.433 e. The van der Waals surface area contributed by atoms with Gasteiger partial charge in [-0.05, 0) is 24.2 Å². The number of nitrogens with zero attached hydrogens (tertiary/aromatic N) is 3. The predicted octanol–water partition coefficient (Wildman–Crippen LogP) is 2.13. The van der Waals surface area contributed by atoms with E-state index in [1.165, 1.54) is 4.57 Å². The average molecular weight is 319 g/mol. The summed E-state index contributed by atoms with van der Waals surface area (Å²) in [5.41, 5.74) is 4.27. The van der Waals surface area contributed by atoms with E-state index in [4.69, 9.17) is 5.73 Å². The summed E-state index contributed by atoms with van der Waals surface area (Å²) >= 11 is 0.887. The van der Waals surface area contributed by atoms with Crippen molar-refractivity contribution in [2.24, 2.45) is 0 Å². The molecule has 2 heterocycles. The highest BCUT2D eigenvalue weighted by atomic mass is 32.2. The number of nitrogen functional groups attached to an aromatic ring is 1. The Bertz CT molecular complexity index is 694. The summed E-state index contributed by atoms with van der Waals surface area (Å²) in [7, 11) is 0. The molecule has 6 nitrogen and oxygen atoms in total. The van der Waals surface area contributed by atoms with Gasteiger partial charge in [-0.1, -0.05) is 6.92 Å². The number of alkyl halides is 3. The van der Waals surface area contributed by atoms with E-state index in [1.54, 1.807) is 0 Å². The quantitative estimate of drug-likeness (QED) is 0.901. The summed E-state index contributed by atoms with van der Waals surface area (Å²) in [6, 6.07) is 0.843. The highest BCUT2D eigenvalue weighted by Crippen LogP contribution is 2.35. The minimum absolute atomic E-state index is 0.0893. The third-order valence-corrected chi connectivity index (χ3v) is 3.62. The highest BCUT2D eigenvalue weighted by Gasteiger charge is 2.33. The summed E-state index contributed by atoms with van der Waals surface area (Å²) in [4.78, 5) is 14.9. The van der Waals surface area contributed by atoms with Crippen LogP contribution in [0.4, 0.5) is 18.9 Å². The smallest absolute Gasteiger partial charge is 0.397 e. The molecular formula is C11H12F3N5OS. The van der Waals surface area contributed by atoms with E-state index in [0.717, 1.165) is 24.0 Å². The number of hydrogen-bond donors (Lipinski definition) is 2. The Morgan fingerprint density at radius 2 is 2.19 bits per heavy atom. The maximum absolute atomic E-state index is 12.7. The van der Waals surface area contributed by atoms with E-state index >= 15 is 0 Å². The van der Waals surface area contributed by atoms with E-state index in [2.05, 4.69) is 15.2 Å². The van der Waals surface area contributed by atoms with Crippen molar-refractivity contribution < 1.29 is 13.2 Å². The molecule has 0 bridgehead atoms. The molecular weight excluding hydrogens is 307 g/mol. The third kappa shape index (κ3) is 3.38. The number of aromatic nitrogens is 4. The zero-order valence-electron chi connectivity index (χ0n) is 10.9. The van der Waals surface area contributed by atoms with Crippen LogP contribution in [0.3, 0.4) is 0 Å². The molecule has 0 aliphatic rings. The molecule has 2 aromatic heterocycles. The van der Waals surface area contributed by atoms with Crippen molar-refractivity contribution in [2.75, 3.05) is 5.73 Å². The van der Waals surface area contributed by atoms with Crippen LogP contribution in [0.2, 0.25) is 0 Å². The number of H-pyrrole nitrogens is 1. The minimum Gasteiger partial charge on any atom is -0.397 e. The zero-order valence-corrected chi connectivity index (χ0v) is 11.8. The van der Waals surface area contributed by atoms with Crippen LogP contribution in [0, 0.1) is 0 Å². The summed E-state index contributed by atoms with van der Waals surface area (Å²) < 4.78 is 39.3. The number of halogens is 3. The first-order valence-electron chi connectivity index (χ1n) is 5.98. The molecule has 0 atom stereocenters. The van der Waals surface area contributed by atoms with Gasteiger partial charge in [0.15, 0.2) is 5.16 Å². The zero-order chi connectivity index (χ0) is 15.6. The molecule has 0 saturated carbocycles. The Hall–Kier alpha value is -1.97. The Labute approximate surface area is 121 Å². The van der Waals surface area contributed by atoms with Gasteiger partial charge in [-0.2, -0.15) is 13.2 Å². The molecule has 21 heavy (non-hydrogen) atoms. The molecule has 0 amide bonds. The van der Waals surface area contributed by atoms with Crippen LogP contribution in [0.15, 0.2) is 27.1 Å². The molecule has 0 radical (unpaired) electrons. The fourth-order valence-electron chi connectivity index (χ4n) is 1.59. The highest BCUT2D eigenvalue weighted by molar-refractivity contribution is 7.99. The van der Waals surface area contributed by atoms with Crippen LogP contribution in [0.1, 0.15) is 19.0 Å². The van der Waals surface area contributed by atoms with E-state index in [9.17, 15) is 18.0 Å². The molecule has 0 unspecified atom stereocenters. The van der Waals surface area contributed by atoms with Gasteiger partial charge < -0.3 is 5.73 Å². The molecule has 0 aliphatic heterocycles. The first kappa shape index (κ1) is 15.4. The van der Waals surface area contributed by atoms with E-state index in [1.807, 2.05) is 6.92 Å². The lowest BCUT2D eigenvalue weighted by Gasteiger charge is -2.10. The molecule has 0 saturated heterocycles. The largest absolute Gasteiger partial charge is 0.433 e. The van der Waals surface area contributed by atoms with Crippen LogP contribution in [-0.4, -0.2) is 19.7 Å². The number of hydrogen-bond acceptors (Lipinski definition) is 5. The topological polar surface area (TPSA) is 89.6 Å². The third-order valence-electron chi connectivity index (χ3n) is 2.56. The summed E-state index contributed by atoms with van der Waals surface area (Å²) in [5.74, 6) is 0. The normalized spacial score (nSPS) is 11.8. The fourth-order valence-corrected chi connectivity index (χ4v) is 2.50. The van der Waals surface area contributed by atoms with Gasteiger partial charge in [0, 0.05) is 11.4 Å². The molecule has 10 heteroatoms. The lowest BCUT2D eigenvalue weighted by atomic mass is 10.3. The monoisotopic (exact) mass is 319 g/mol. The molecule has 0 fully saturated rings. The van der Waals surface area contributed by atoms with Crippen LogP contribution < -0.4 is 11.4 Å². The molecule has 2 rings (SSSR count). The number of aromatic amines is 1. The molecule has 2 aromatic rings. The van der Waals surface area contributed by atoms with Gasteiger partial charge in [0.05, 0.1) is 11.9 Å². The second-order valence-corrected chi connectivity index (χ2v) is 5.18. The predicted molar refractivity (Wildman–Crippen MR) is 70.9 cm³/mol. The standard InChI is InChI=1S/C11H12F3N5OS/c1-2-3-19-9(20)17-18-10(19)21-7-4-8(11(12,13)14)16-5-6(7)15/h4-5H,2-3,15H2,1H3,(H,17,20). The number of nitrogens with two attached hydrogens (primary N) is 1. The Balaban J connectivity index is 2.38. The number of pyridine rings is 1. The molecule has 0 aromatic carbocycles. The summed E-state index contributed by atoms with van der Waals surface area (Å²) in [5, 5.41) is 6.32. The number of anilines is 1. The van der Waals surface area contributed by atoms with Crippen molar-refractivity contribution in [3.05, 3.63) is 28.4 Å². The molecule has 114 valence electrons. The number of nitrogens with one attached hydrogen (secondary N) is 1. The Morgan fingerprint density at radius 1 is 1.48 bits per heavy atom. The van der Waals surface area contributed by atoms with Crippen LogP contribution in [0.5, 0.6) is 0 Å². The van der Waals surface area contributed by atoms with Gasteiger partial charge in [-0.15, -0.1) is 5.10 Å². The van der Waals surface area contributed by atoms with Gasteiger partial charge in [0.25, 0.3) is 0 Å². The van der Waals surface area contributed by atoms with Crippen molar-refractivity contribution in [1.29, 1.82) is 0 Å². The van der Waals surface area contributed by atoms with E-state index < -0.39 is 17.6 Å². The van der Waals surface area contributed by atoms with Crippen molar-refractivity contribution in [2.45, 2.75) is 36.1 Å². The summed E-state index contributed by atoms with van der Waals surface area (Å²) in [6.07, 6.45) is -2.93. The first-order chi connectivity index (χ1) is 9.82. The average Bonchev–Trinajstić information content (AvgIpc) is 2.73. The van der Waals surface area contributed by atoms with Gasteiger partial charge >= 0.3 is 11.9 Å². The number of rotatable bonds is 4. The van der Waals surface area contributed by atoms with Crippen molar-refractivity contribution >= 4 is 17.4 Å². The van der Waals surface area contributed by atoms with Crippen LogP contribution >= 0.6 is 11.8 Å². The van der Waals surface area contributed by atoms with Crippen LogP contribution in [0.25, 0.3) is 0 Å². The minimum atomic E-state index is -4.56. The Morgan fingerprint density at radius 3 is 2.81 bits per heavy atom. The second kappa shape index (κ2) is 5.80. The van der Waals surface area contributed by atoms with E-state index in [0.29, 0.717) is 13.0 Å². The van der Waals surface area contributed by atoms with Gasteiger partial charge in [0.1, 0.15) is 5.69 Å². The second-order valence-electron chi connectivity index (χ2n) is 4.17. The van der Waals surface area contributed by atoms with Gasteiger partial charge in [-0.25, -0.2) is 14.9 Å². The van der Waals surface area contributed by atoms with Crippen molar-refractivity contribution in [3.63, 3.8) is 0 Å². The fraction of sp³-hybridized carbons (Fsp3) is 0.364. The van der Waals surface area contributed by atoms with E-state index in [-0.39, 0.29) is 15.7 Å². The van der Waals surface area contributed by atoms with Gasteiger partial charge in [0.2, 0.25) is 0 Å². The first-order valence-corrected chi connectivity index (χ1v) is 6.80. The molecule has 0 spiro atoms. The molecule has 0 aliphatic carbocycles. The van der Waals surface area contributed by atoms with Crippen molar-refractivity contribution in [1.82, 2.24) is 19.7 Å². The van der Waals surface area contributed by atoms with Gasteiger partial charge in [-0.3, -0.25) is 4.57 Å². The Kier molecular flexibility index (Phi) is 4.26. The van der Waals surface area contributed by atoms with Crippen LogP contribution in [-0.2, 0) is 12.7 Å². The van der Waals surface area contributed by atoms with Crippen molar-refractivity contribution in [3.8, 4) is 0 Å². The summed E-state index contributed by atoms with van der Waals surface area (Å²) in [6.45, 7) is 2.28. The maximum atomic E-state index is 12.7.